The van der Waals surface area contributed by atoms with Crippen LogP contribution in [0.4, 0.5) is 0 Å². The average molecular weight is 296 g/mol. The van der Waals surface area contributed by atoms with Crippen molar-refractivity contribution in [2.75, 3.05) is 0 Å². The first-order valence-electron chi connectivity index (χ1n) is 7.21. The van der Waals surface area contributed by atoms with Crippen LogP contribution in [0.3, 0.4) is 0 Å². The minimum absolute atomic E-state index is 0.396. The zero-order valence-electron chi connectivity index (χ0n) is 12.8. The summed E-state index contributed by atoms with van der Waals surface area (Å²) in [5, 5.41) is 9.51. The molecule has 0 radical (unpaired) electrons. The fourth-order valence-electron chi connectivity index (χ4n) is 2.21. The summed E-state index contributed by atoms with van der Waals surface area (Å²) >= 11 is 0. The Morgan fingerprint density at radius 2 is 1.45 bits per heavy atom. The second kappa shape index (κ2) is 7.57. The molecule has 2 rings (SSSR count). The van der Waals surface area contributed by atoms with Crippen LogP contribution in [0.25, 0.3) is 0 Å². The van der Waals surface area contributed by atoms with Crippen LogP contribution in [-0.2, 0) is 9.53 Å². The highest BCUT2D eigenvalue weighted by Crippen LogP contribution is 2.29. The summed E-state index contributed by atoms with van der Waals surface area (Å²) in [5.41, 5.74) is 2.65. The van der Waals surface area contributed by atoms with E-state index in [2.05, 4.69) is 0 Å². The fraction of sp³-hybridized carbons (Fsp3) is 0.211. The molecular weight excluding hydrogens is 276 g/mol. The molecule has 0 aliphatic rings. The second-order valence-corrected chi connectivity index (χ2v) is 5.34. The van der Waals surface area contributed by atoms with Crippen molar-refractivity contribution in [1.82, 2.24) is 0 Å². The number of carboxylic acids is 1. The van der Waals surface area contributed by atoms with E-state index in [0.29, 0.717) is 5.56 Å². The second-order valence-electron chi connectivity index (χ2n) is 5.34. The van der Waals surface area contributed by atoms with Crippen molar-refractivity contribution in [3.05, 3.63) is 83.4 Å². The predicted molar refractivity (Wildman–Crippen MR) is 86.5 cm³/mol. The lowest BCUT2D eigenvalue weighted by Gasteiger charge is -2.21. The van der Waals surface area contributed by atoms with Crippen LogP contribution in [0.5, 0.6) is 0 Å². The van der Waals surface area contributed by atoms with Crippen LogP contribution in [0.1, 0.15) is 37.2 Å². The summed E-state index contributed by atoms with van der Waals surface area (Å²) < 4.78 is 5.92. The molecule has 0 aliphatic heterocycles. The maximum Gasteiger partial charge on any atom is 0.337 e. The summed E-state index contributed by atoms with van der Waals surface area (Å²) in [5.74, 6) is -0.991. The van der Waals surface area contributed by atoms with Crippen molar-refractivity contribution in [2.24, 2.45) is 0 Å². The van der Waals surface area contributed by atoms with Crippen LogP contribution in [0.15, 0.2) is 72.3 Å². The van der Waals surface area contributed by atoms with Crippen LogP contribution in [-0.4, -0.2) is 11.1 Å². The number of hydrogen-bond donors (Lipinski definition) is 1. The number of allylic oxidation sites excluding steroid dienone is 1. The van der Waals surface area contributed by atoms with Crippen molar-refractivity contribution >= 4 is 5.97 Å². The van der Waals surface area contributed by atoms with E-state index in [1.165, 1.54) is 0 Å². The van der Waals surface area contributed by atoms with Gasteiger partial charge >= 0.3 is 5.97 Å². The molecule has 3 heteroatoms. The zero-order chi connectivity index (χ0) is 15.9. The van der Waals surface area contributed by atoms with Gasteiger partial charge < -0.3 is 9.84 Å². The third-order valence-electron chi connectivity index (χ3n) is 3.22. The first kappa shape index (κ1) is 16.0. The Labute approximate surface area is 130 Å². The monoisotopic (exact) mass is 296 g/mol. The molecule has 0 aliphatic carbocycles. The Balaban J connectivity index is 2.32. The smallest absolute Gasteiger partial charge is 0.337 e. The summed E-state index contributed by atoms with van der Waals surface area (Å²) in [6, 6.07) is 18.7. The molecule has 0 spiro atoms. The minimum atomic E-state index is -0.998. The van der Waals surface area contributed by atoms with Gasteiger partial charge in [0.25, 0.3) is 0 Å². The van der Waals surface area contributed by atoms with Gasteiger partial charge in [-0.25, -0.2) is 4.79 Å². The van der Waals surface area contributed by atoms with Gasteiger partial charge in [0, 0.05) is 0 Å². The highest BCUT2D eigenvalue weighted by molar-refractivity contribution is 5.74. The van der Waals surface area contributed by atoms with E-state index in [-0.39, 0.29) is 0 Å². The molecule has 2 aromatic carbocycles. The summed E-state index contributed by atoms with van der Waals surface area (Å²) in [7, 11) is 0. The Morgan fingerprint density at radius 1 is 0.955 bits per heavy atom. The predicted octanol–water partition coefficient (Wildman–Crippen LogP) is 4.54. The molecule has 0 amide bonds. The molecule has 0 bridgehead atoms. The van der Waals surface area contributed by atoms with E-state index < -0.39 is 18.2 Å². The zero-order valence-corrected chi connectivity index (χ0v) is 12.8. The van der Waals surface area contributed by atoms with Crippen LogP contribution >= 0.6 is 0 Å². The number of ether oxygens (including phenoxy) is 1. The van der Waals surface area contributed by atoms with Crippen molar-refractivity contribution in [3.63, 3.8) is 0 Å². The molecule has 114 valence electrons. The molecular formula is C19H20O3. The van der Waals surface area contributed by atoms with Gasteiger partial charge in [0.05, 0.1) is 0 Å². The average Bonchev–Trinajstić information content (AvgIpc) is 2.52. The molecule has 22 heavy (non-hydrogen) atoms. The van der Waals surface area contributed by atoms with E-state index in [9.17, 15) is 9.90 Å². The first-order valence-corrected chi connectivity index (χ1v) is 7.21. The van der Waals surface area contributed by atoms with Gasteiger partial charge in [-0.3, -0.25) is 0 Å². The molecule has 0 aromatic heterocycles. The minimum Gasteiger partial charge on any atom is -0.479 e. The van der Waals surface area contributed by atoms with Gasteiger partial charge in [-0.1, -0.05) is 72.3 Å². The normalized spacial score (nSPS) is 13.2. The van der Waals surface area contributed by atoms with Crippen LogP contribution < -0.4 is 0 Å². The number of aliphatic carboxylic acids is 1. The van der Waals surface area contributed by atoms with Gasteiger partial charge in [-0.05, 0) is 25.0 Å². The number of benzene rings is 2. The van der Waals surface area contributed by atoms with Crippen molar-refractivity contribution in [3.8, 4) is 0 Å². The van der Waals surface area contributed by atoms with Crippen molar-refractivity contribution in [1.29, 1.82) is 0 Å². The molecule has 2 atom stereocenters. The Kier molecular flexibility index (Phi) is 5.50. The van der Waals surface area contributed by atoms with Gasteiger partial charge in [-0.15, -0.1) is 0 Å². The number of carboxylic acid groups (broad SMARTS) is 1. The third kappa shape index (κ3) is 4.30. The van der Waals surface area contributed by atoms with Crippen molar-refractivity contribution < 1.29 is 14.6 Å². The van der Waals surface area contributed by atoms with Gasteiger partial charge in [0.2, 0.25) is 0 Å². The Morgan fingerprint density at radius 3 is 1.91 bits per heavy atom. The Hall–Kier alpha value is -2.39. The standard InChI is InChI=1S/C19H20O3/c1-14(2)13-17(15-9-5-3-6-10-15)22-18(19(20)21)16-11-7-4-8-12-16/h3-13,17-18H,1-2H3,(H,20,21)/t17-,18-/m1/s1. The van der Waals surface area contributed by atoms with E-state index >= 15 is 0 Å². The summed E-state index contributed by atoms with van der Waals surface area (Å²) in [6.45, 7) is 3.94. The van der Waals surface area contributed by atoms with Gasteiger partial charge in [0.15, 0.2) is 6.10 Å². The fourth-order valence-corrected chi connectivity index (χ4v) is 2.21. The quantitative estimate of drug-likeness (QED) is 0.796. The first-order chi connectivity index (χ1) is 10.6. The Bertz CT molecular complexity index is 628. The van der Waals surface area contributed by atoms with Crippen molar-refractivity contribution in [2.45, 2.75) is 26.1 Å². The maximum absolute atomic E-state index is 11.6. The molecule has 0 saturated heterocycles. The largest absolute Gasteiger partial charge is 0.479 e. The maximum atomic E-state index is 11.6. The lowest BCUT2D eigenvalue weighted by Crippen LogP contribution is -2.18. The van der Waals surface area contributed by atoms with Crippen LogP contribution in [0.2, 0.25) is 0 Å². The van der Waals surface area contributed by atoms with E-state index in [4.69, 9.17) is 4.74 Å². The number of carbonyl (C=O) groups is 1. The lowest BCUT2D eigenvalue weighted by atomic mass is 10.1. The van der Waals surface area contributed by atoms with E-state index in [1.54, 1.807) is 12.1 Å². The van der Waals surface area contributed by atoms with Crippen LogP contribution in [0, 0.1) is 0 Å². The van der Waals surface area contributed by atoms with E-state index in [0.717, 1.165) is 11.1 Å². The lowest BCUT2D eigenvalue weighted by molar-refractivity contribution is -0.153. The molecule has 0 heterocycles. The molecule has 2 aromatic rings. The molecule has 1 N–H and O–H groups in total. The topological polar surface area (TPSA) is 46.5 Å². The highest BCUT2D eigenvalue weighted by Gasteiger charge is 2.24. The highest BCUT2D eigenvalue weighted by atomic mass is 16.5. The summed E-state index contributed by atoms with van der Waals surface area (Å²) in [4.78, 5) is 11.6. The van der Waals surface area contributed by atoms with Gasteiger partial charge in [-0.2, -0.15) is 0 Å². The number of rotatable bonds is 6. The molecule has 0 fully saturated rings. The summed E-state index contributed by atoms with van der Waals surface area (Å²) in [6.07, 6.45) is 0.545. The van der Waals surface area contributed by atoms with E-state index in [1.807, 2.05) is 68.5 Å². The van der Waals surface area contributed by atoms with Gasteiger partial charge in [0.1, 0.15) is 6.10 Å². The molecule has 0 unspecified atom stereocenters. The molecule has 3 nitrogen and oxygen atoms in total. The third-order valence-corrected chi connectivity index (χ3v) is 3.22. The number of hydrogen-bond acceptors (Lipinski definition) is 2. The SMILES string of the molecule is CC(C)=C[C@@H](O[C@@H](C(=O)O)c1ccccc1)c1ccccc1. The molecule has 0 saturated carbocycles.